The molecule has 0 atom stereocenters. The number of nitrogens with zero attached hydrogens (tertiary/aromatic N) is 3. The minimum Gasteiger partial charge on any atom is -0.355 e. The predicted octanol–water partition coefficient (Wildman–Crippen LogP) is 1.62. The lowest BCUT2D eigenvalue weighted by Gasteiger charge is -2.06. The van der Waals surface area contributed by atoms with Crippen molar-refractivity contribution in [3.63, 3.8) is 0 Å². The molecular weight excluding hydrogens is 248 g/mol. The number of aromatic nitrogens is 3. The summed E-state index contributed by atoms with van der Waals surface area (Å²) >= 11 is 1.49. The van der Waals surface area contributed by atoms with Gasteiger partial charge in [0.05, 0.1) is 5.75 Å². The lowest BCUT2D eigenvalue weighted by atomic mass is 10.2. The summed E-state index contributed by atoms with van der Waals surface area (Å²) in [5.74, 6) is 1.58. The number of carbonyl (C=O) groups is 1. The highest BCUT2D eigenvalue weighted by atomic mass is 32.2. The molecule has 1 aliphatic heterocycles. The number of fused-ring (bicyclic) bond motifs is 1. The average molecular weight is 268 g/mol. The maximum absolute atomic E-state index is 11.5. The smallest absolute Gasteiger partial charge is 0.230 e. The summed E-state index contributed by atoms with van der Waals surface area (Å²) in [6.45, 7) is 3.78. The van der Waals surface area contributed by atoms with Crippen LogP contribution in [0.5, 0.6) is 0 Å². The van der Waals surface area contributed by atoms with Gasteiger partial charge in [0, 0.05) is 19.5 Å². The molecule has 2 heterocycles. The van der Waals surface area contributed by atoms with Gasteiger partial charge in [-0.15, -0.1) is 10.2 Å². The highest BCUT2D eigenvalue weighted by molar-refractivity contribution is 7.99. The summed E-state index contributed by atoms with van der Waals surface area (Å²) in [7, 11) is 0. The van der Waals surface area contributed by atoms with Crippen LogP contribution in [0.2, 0.25) is 0 Å². The van der Waals surface area contributed by atoms with Gasteiger partial charge in [0.2, 0.25) is 5.91 Å². The zero-order valence-corrected chi connectivity index (χ0v) is 11.6. The molecule has 6 heteroatoms. The molecule has 0 aromatic carbocycles. The van der Waals surface area contributed by atoms with E-state index < -0.39 is 0 Å². The molecule has 0 spiro atoms. The fourth-order valence-electron chi connectivity index (χ4n) is 2.01. The molecule has 0 radical (unpaired) electrons. The van der Waals surface area contributed by atoms with Gasteiger partial charge >= 0.3 is 0 Å². The Morgan fingerprint density at radius 2 is 2.28 bits per heavy atom. The molecule has 1 aromatic heterocycles. The Morgan fingerprint density at radius 1 is 1.39 bits per heavy atom. The first-order chi connectivity index (χ1) is 8.81. The van der Waals surface area contributed by atoms with Crippen molar-refractivity contribution in [2.24, 2.45) is 0 Å². The van der Waals surface area contributed by atoms with E-state index in [1.54, 1.807) is 0 Å². The van der Waals surface area contributed by atoms with Crippen molar-refractivity contribution in [3.05, 3.63) is 5.82 Å². The Hall–Kier alpha value is -1.04. The highest BCUT2D eigenvalue weighted by Crippen LogP contribution is 2.21. The van der Waals surface area contributed by atoms with Crippen LogP contribution in [0.1, 0.15) is 38.4 Å². The van der Waals surface area contributed by atoms with Crippen LogP contribution in [0.15, 0.2) is 5.16 Å². The third kappa shape index (κ3) is 3.48. The molecule has 5 nitrogen and oxygen atoms in total. The first-order valence-electron chi connectivity index (χ1n) is 6.63. The van der Waals surface area contributed by atoms with Crippen molar-refractivity contribution in [2.45, 2.75) is 50.7 Å². The van der Waals surface area contributed by atoms with Crippen molar-refractivity contribution >= 4 is 17.7 Å². The lowest BCUT2D eigenvalue weighted by Crippen LogP contribution is -2.25. The van der Waals surface area contributed by atoms with E-state index in [4.69, 9.17) is 0 Å². The first-order valence-corrected chi connectivity index (χ1v) is 7.61. The van der Waals surface area contributed by atoms with Gasteiger partial charge in [-0.1, -0.05) is 25.1 Å². The monoisotopic (exact) mass is 268 g/mol. The SMILES string of the molecule is CCCNC(=O)CSc1nnc2n1CCCCC2. The van der Waals surface area contributed by atoms with Gasteiger partial charge in [0.15, 0.2) is 5.16 Å². The van der Waals surface area contributed by atoms with Crippen LogP contribution in [-0.4, -0.2) is 33.0 Å². The van der Waals surface area contributed by atoms with Crippen LogP contribution in [0.3, 0.4) is 0 Å². The van der Waals surface area contributed by atoms with Gasteiger partial charge in [0.1, 0.15) is 5.82 Å². The zero-order valence-electron chi connectivity index (χ0n) is 10.8. The largest absolute Gasteiger partial charge is 0.355 e. The minimum atomic E-state index is 0.0767. The molecule has 0 bridgehead atoms. The molecule has 1 aromatic rings. The third-order valence-corrected chi connectivity index (χ3v) is 3.95. The number of thioether (sulfide) groups is 1. The van der Waals surface area contributed by atoms with Crippen molar-refractivity contribution in [1.29, 1.82) is 0 Å². The second kappa shape index (κ2) is 6.78. The Kier molecular flexibility index (Phi) is 5.04. The number of aryl methyl sites for hydroxylation is 1. The Labute approximate surface area is 112 Å². The first kappa shape index (κ1) is 13.4. The van der Waals surface area contributed by atoms with Gasteiger partial charge in [-0.25, -0.2) is 0 Å². The molecule has 2 rings (SSSR count). The van der Waals surface area contributed by atoms with Crippen molar-refractivity contribution in [1.82, 2.24) is 20.1 Å². The fourth-order valence-corrected chi connectivity index (χ4v) is 2.82. The summed E-state index contributed by atoms with van der Waals surface area (Å²) in [6.07, 6.45) is 5.61. The second-order valence-electron chi connectivity index (χ2n) is 4.50. The Morgan fingerprint density at radius 3 is 3.11 bits per heavy atom. The molecular formula is C12H20N4OS. The zero-order chi connectivity index (χ0) is 12.8. The molecule has 18 heavy (non-hydrogen) atoms. The van der Waals surface area contributed by atoms with E-state index in [0.29, 0.717) is 5.75 Å². The molecule has 1 amide bonds. The number of amides is 1. The molecule has 0 saturated heterocycles. The summed E-state index contributed by atoms with van der Waals surface area (Å²) < 4.78 is 2.17. The van der Waals surface area contributed by atoms with Crippen LogP contribution in [0.25, 0.3) is 0 Å². The van der Waals surface area contributed by atoms with Crippen LogP contribution in [0.4, 0.5) is 0 Å². The van der Waals surface area contributed by atoms with Crippen LogP contribution < -0.4 is 5.32 Å². The summed E-state index contributed by atoms with van der Waals surface area (Å²) in [5, 5.41) is 12.2. The van der Waals surface area contributed by atoms with E-state index in [1.807, 2.05) is 6.92 Å². The van der Waals surface area contributed by atoms with Crippen molar-refractivity contribution in [3.8, 4) is 0 Å². The van der Waals surface area contributed by atoms with Crippen LogP contribution in [0, 0.1) is 0 Å². The number of carbonyl (C=O) groups excluding carboxylic acids is 1. The van der Waals surface area contributed by atoms with Gasteiger partial charge in [-0.2, -0.15) is 0 Å². The van der Waals surface area contributed by atoms with E-state index in [0.717, 1.165) is 36.9 Å². The number of hydrogen-bond donors (Lipinski definition) is 1. The number of nitrogens with one attached hydrogen (secondary N) is 1. The fraction of sp³-hybridized carbons (Fsp3) is 0.750. The van der Waals surface area contributed by atoms with Crippen molar-refractivity contribution in [2.75, 3.05) is 12.3 Å². The Balaban J connectivity index is 1.89. The van der Waals surface area contributed by atoms with Gasteiger partial charge in [-0.05, 0) is 19.3 Å². The quantitative estimate of drug-likeness (QED) is 0.824. The lowest BCUT2D eigenvalue weighted by molar-refractivity contribution is -0.118. The molecule has 0 saturated carbocycles. The number of hydrogen-bond acceptors (Lipinski definition) is 4. The third-order valence-electron chi connectivity index (χ3n) is 2.98. The minimum absolute atomic E-state index is 0.0767. The summed E-state index contributed by atoms with van der Waals surface area (Å²) in [4.78, 5) is 11.5. The van der Waals surface area contributed by atoms with Crippen LogP contribution >= 0.6 is 11.8 Å². The Bertz CT molecular complexity index is 405. The molecule has 1 N–H and O–H groups in total. The maximum atomic E-state index is 11.5. The van der Waals surface area contributed by atoms with Crippen molar-refractivity contribution < 1.29 is 4.79 Å². The predicted molar refractivity (Wildman–Crippen MR) is 71.6 cm³/mol. The van der Waals surface area contributed by atoms with Crippen LogP contribution in [-0.2, 0) is 17.8 Å². The van der Waals surface area contributed by atoms with Gasteiger partial charge in [-0.3, -0.25) is 4.79 Å². The molecule has 0 aliphatic carbocycles. The van der Waals surface area contributed by atoms with E-state index in [9.17, 15) is 4.79 Å². The molecule has 0 unspecified atom stereocenters. The molecule has 0 fully saturated rings. The van der Waals surface area contributed by atoms with E-state index in [2.05, 4.69) is 20.1 Å². The van der Waals surface area contributed by atoms with E-state index >= 15 is 0 Å². The normalized spacial score (nSPS) is 14.9. The maximum Gasteiger partial charge on any atom is 0.230 e. The number of rotatable bonds is 5. The molecule has 1 aliphatic rings. The summed E-state index contributed by atoms with van der Waals surface area (Å²) in [5.41, 5.74) is 0. The van der Waals surface area contributed by atoms with Gasteiger partial charge in [0.25, 0.3) is 0 Å². The van der Waals surface area contributed by atoms with Gasteiger partial charge < -0.3 is 9.88 Å². The standard InChI is InChI=1S/C12H20N4OS/c1-2-7-13-11(17)9-18-12-15-14-10-6-4-3-5-8-16(10)12/h2-9H2,1H3,(H,13,17). The summed E-state index contributed by atoms with van der Waals surface area (Å²) in [6, 6.07) is 0. The topological polar surface area (TPSA) is 59.8 Å². The average Bonchev–Trinajstić information content (AvgIpc) is 2.61. The second-order valence-corrected chi connectivity index (χ2v) is 5.44. The van der Waals surface area contributed by atoms with E-state index in [-0.39, 0.29) is 5.91 Å². The molecule has 100 valence electrons. The van der Waals surface area contributed by atoms with E-state index in [1.165, 1.54) is 31.0 Å². The highest BCUT2D eigenvalue weighted by Gasteiger charge is 2.15.